The van der Waals surface area contributed by atoms with Gasteiger partial charge in [0, 0.05) is 38.9 Å². The van der Waals surface area contributed by atoms with E-state index in [9.17, 15) is 4.79 Å². The molecule has 0 saturated carbocycles. The molecule has 0 bridgehead atoms. The summed E-state index contributed by atoms with van der Waals surface area (Å²) in [6.45, 7) is 5.47. The quantitative estimate of drug-likeness (QED) is 0.767. The summed E-state index contributed by atoms with van der Waals surface area (Å²) in [5.41, 5.74) is 2.35. The Hall–Kier alpha value is -2.38. The van der Waals surface area contributed by atoms with Crippen LogP contribution in [0, 0.1) is 0 Å². The summed E-state index contributed by atoms with van der Waals surface area (Å²) in [5, 5.41) is 7.81. The first-order valence-electron chi connectivity index (χ1n) is 9.46. The lowest BCUT2D eigenvalue weighted by Gasteiger charge is -2.26. The lowest BCUT2D eigenvalue weighted by Crippen LogP contribution is -2.42. The van der Waals surface area contributed by atoms with Gasteiger partial charge >= 0.3 is 0 Å². The molecule has 1 amide bonds. The average molecular weight is 372 g/mol. The smallest absolute Gasteiger partial charge is 0.260 e. The molecule has 1 aliphatic rings. The van der Waals surface area contributed by atoms with Crippen LogP contribution in [-0.4, -0.2) is 53.5 Å². The van der Waals surface area contributed by atoms with Gasteiger partial charge < -0.3 is 19.7 Å². The molecule has 2 aromatic rings. The van der Waals surface area contributed by atoms with Crippen LogP contribution in [0.5, 0.6) is 5.75 Å². The SMILES string of the molecule is CCC(NCc1ccc(OCC(=O)N2CCOCC2)cc1)c1ccnn1C. The molecule has 1 N–H and O–H groups in total. The largest absolute Gasteiger partial charge is 0.484 e. The van der Waals surface area contributed by atoms with Gasteiger partial charge in [-0.25, -0.2) is 0 Å². The molecule has 2 heterocycles. The summed E-state index contributed by atoms with van der Waals surface area (Å²) in [5.74, 6) is 0.713. The average Bonchev–Trinajstić information content (AvgIpc) is 3.14. The number of benzene rings is 1. The van der Waals surface area contributed by atoms with E-state index in [0.717, 1.165) is 13.0 Å². The lowest BCUT2D eigenvalue weighted by molar-refractivity contribution is -0.137. The highest BCUT2D eigenvalue weighted by molar-refractivity contribution is 5.77. The molecule has 1 aromatic heterocycles. The van der Waals surface area contributed by atoms with Crippen LogP contribution in [0.1, 0.15) is 30.6 Å². The van der Waals surface area contributed by atoms with E-state index in [0.29, 0.717) is 32.1 Å². The fraction of sp³-hybridized carbons (Fsp3) is 0.500. The van der Waals surface area contributed by atoms with Crippen molar-refractivity contribution in [1.29, 1.82) is 0 Å². The summed E-state index contributed by atoms with van der Waals surface area (Å²) in [6.07, 6.45) is 2.81. The molecule has 1 aliphatic heterocycles. The van der Waals surface area contributed by atoms with Crippen molar-refractivity contribution in [2.45, 2.75) is 25.9 Å². The molecule has 146 valence electrons. The molecule has 0 spiro atoms. The Bertz CT molecular complexity index is 723. The van der Waals surface area contributed by atoms with Crippen molar-refractivity contribution in [2.75, 3.05) is 32.9 Å². The second-order valence-corrected chi connectivity index (χ2v) is 6.65. The van der Waals surface area contributed by atoms with E-state index < -0.39 is 0 Å². The minimum atomic E-state index is 0.00556. The molecule has 1 aromatic carbocycles. The van der Waals surface area contributed by atoms with E-state index in [4.69, 9.17) is 9.47 Å². The molecule has 1 saturated heterocycles. The first kappa shape index (κ1) is 19.4. The van der Waals surface area contributed by atoms with E-state index in [1.165, 1.54) is 11.3 Å². The predicted molar refractivity (Wildman–Crippen MR) is 102 cm³/mol. The zero-order valence-electron chi connectivity index (χ0n) is 16.1. The normalized spacial score (nSPS) is 15.6. The fourth-order valence-electron chi connectivity index (χ4n) is 3.18. The number of amides is 1. The Morgan fingerprint density at radius 1 is 1.26 bits per heavy atom. The molecule has 1 atom stereocenters. The van der Waals surface area contributed by atoms with Gasteiger partial charge in [0.2, 0.25) is 0 Å². The molecule has 7 heteroatoms. The topological polar surface area (TPSA) is 68.6 Å². The zero-order valence-corrected chi connectivity index (χ0v) is 16.1. The number of morpholine rings is 1. The van der Waals surface area contributed by atoms with E-state index in [-0.39, 0.29) is 18.6 Å². The van der Waals surface area contributed by atoms with Crippen LogP contribution >= 0.6 is 0 Å². The first-order valence-corrected chi connectivity index (χ1v) is 9.46. The van der Waals surface area contributed by atoms with Gasteiger partial charge in [0.1, 0.15) is 5.75 Å². The highest BCUT2D eigenvalue weighted by Gasteiger charge is 2.17. The molecule has 3 rings (SSSR count). The molecule has 7 nitrogen and oxygen atoms in total. The highest BCUT2D eigenvalue weighted by Crippen LogP contribution is 2.17. The standard InChI is InChI=1S/C20H28N4O3/c1-3-18(19-8-9-22-23(19)2)21-14-16-4-6-17(7-5-16)27-15-20(25)24-10-12-26-13-11-24/h4-9,18,21H,3,10-15H2,1-2H3. The number of nitrogens with one attached hydrogen (secondary N) is 1. The zero-order chi connectivity index (χ0) is 19.1. The van der Waals surface area contributed by atoms with Crippen molar-refractivity contribution in [3.05, 3.63) is 47.8 Å². The molecule has 1 unspecified atom stereocenters. The van der Waals surface area contributed by atoms with Gasteiger partial charge in [0.25, 0.3) is 5.91 Å². The molecule has 0 aliphatic carbocycles. The predicted octanol–water partition coefficient (Wildman–Crippen LogP) is 1.90. The maximum Gasteiger partial charge on any atom is 0.260 e. The Kier molecular flexibility index (Phi) is 6.84. The van der Waals surface area contributed by atoms with Gasteiger partial charge in [-0.3, -0.25) is 9.48 Å². The van der Waals surface area contributed by atoms with Gasteiger partial charge in [0.15, 0.2) is 6.61 Å². The lowest BCUT2D eigenvalue weighted by atomic mass is 10.1. The van der Waals surface area contributed by atoms with Crippen LogP contribution in [-0.2, 0) is 23.1 Å². The number of hydrogen-bond acceptors (Lipinski definition) is 5. The van der Waals surface area contributed by atoms with Crippen LogP contribution in [0.4, 0.5) is 0 Å². The summed E-state index contributed by atoms with van der Waals surface area (Å²) in [7, 11) is 1.96. The number of carbonyl (C=O) groups excluding carboxylic acids is 1. The van der Waals surface area contributed by atoms with Crippen molar-refractivity contribution in [1.82, 2.24) is 20.0 Å². The molecule has 1 fully saturated rings. The fourth-order valence-corrected chi connectivity index (χ4v) is 3.18. The Morgan fingerprint density at radius 3 is 2.63 bits per heavy atom. The van der Waals surface area contributed by atoms with Crippen LogP contribution in [0.15, 0.2) is 36.5 Å². The Labute approximate surface area is 160 Å². The number of ether oxygens (including phenoxy) is 2. The van der Waals surface area contributed by atoms with Crippen LogP contribution in [0.3, 0.4) is 0 Å². The number of aryl methyl sites for hydroxylation is 1. The van der Waals surface area contributed by atoms with Crippen LogP contribution in [0.25, 0.3) is 0 Å². The van der Waals surface area contributed by atoms with Crippen molar-refractivity contribution in [2.24, 2.45) is 7.05 Å². The Balaban J connectivity index is 1.47. The van der Waals surface area contributed by atoms with E-state index in [1.807, 2.05) is 48.3 Å². The van der Waals surface area contributed by atoms with E-state index >= 15 is 0 Å². The van der Waals surface area contributed by atoms with E-state index in [1.54, 1.807) is 4.90 Å². The highest BCUT2D eigenvalue weighted by atomic mass is 16.5. The number of aromatic nitrogens is 2. The summed E-state index contributed by atoms with van der Waals surface area (Å²) < 4.78 is 12.8. The van der Waals surface area contributed by atoms with Gasteiger partial charge in [0.05, 0.1) is 18.9 Å². The third-order valence-corrected chi connectivity index (χ3v) is 4.83. The monoisotopic (exact) mass is 372 g/mol. The summed E-state index contributed by atoms with van der Waals surface area (Å²) in [6, 6.07) is 10.2. The number of rotatable bonds is 8. The third-order valence-electron chi connectivity index (χ3n) is 4.83. The second-order valence-electron chi connectivity index (χ2n) is 6.65. The molecule has 0 radical (unpaired) electrons. The van der Waals surface area contributed by atoms with E-state index in [2.05, 4.69) is 17.3 Å². The minimum absolute atomic E-state index is 0.00556. The summed E-state index contributed by atoms with van der Waals surface area (Å²) in [4.78, 5) is 13.9. The first-order chi connectivity index (χ1) is 13.2. The second kappa shape index (κ2) is 9.53. The minimum Gasteiger partial charge on any atom is -0.484 e. The van der Waals surface area contributed by atoms with Crippen LogP contribution < -0.4 is 10.1 Å². The van der Waals surface area contributed by atoms with Crippen molar-refractivity contribution < 1.29 is 14.3 Å². The molecule has 27 heavy (non-hydrogen) atoms. The number of hydrogen-bond donors (Lipinski definition) is 1. The Morgan fingerprint density at radius 2 is 2.00 bits per heavy atom. The van der Waals surface area contributed by atoms with Crippen molar-refractivity contribution in [3.8, 4) is 5.75 Å². The van der Waals surface area contributed by atoms with Gasteiger partial charge in [-0.2, -0.15) is 5.10 Å². The summed E-state index contributed by atoms with van der Waals surface area (Å²) >= 11 is 0. The molecular weight excluding hydrogens is 344 g/mol. The van der Waals surface area contributed by atoms with Crippen molar-refractivity contribution >= 4 is 5.91 Å². The molecular formula is C20H28N4O3. The maximum absolute atomic E-state index is 12.1. The maximum atomic E-state index is 12.1. The van der Waals surface area contributed by atoms with Crippen molar-refractivity contribution in [3.63, 3.8) is 0 Å². The van der Waals surface area contributed by atoms with Gasteiger partial charge in [-0.1, -0.05) is 19.1 Å². The number of nitrogens with zero attached hydrogens (tertiary/aromatic N) is 3. The third kappa shape index (κ3) is 5.30. The number of carbonyl (C=O) groups is 1. The van der Waals surface area contributed by atoms with Gasteiger partial charge in [-0.15, -0.1) is 0 Å². The van der Waals surface area contributed by atoms with Gasteiger partial charge in [-0.05, 0) is 30.2 Å². The van der Waals surface area contributed by atoms with Crippen LogP contribution in [0.2, 0.25) is 0 Å².